The Morgan fingerprint density at radius 2 is 1.38 bits per heavy atom. The van der Waals surface area contributed by atoms with Crippen LogP contribution in [0.5, 0.6) is 0 Å². The van der Waals surface area contributed by atoms with Crippen molar-refractivity contribution in [2.75, 3.05) is 5.73 Å². The fourth-order valence-corrected chi connectivity index (χ4v) is 2.40. The lowest BCUT2D eigenvalue weighted by Gasteiger charge is -2.08. The fraction of sp³-hybridized carbons (Fsp3) is 0. The van der Waals surface area contributed by atoms with E-state index in [1.54, 1.807) is 0 Å². The van der Waals surface area contributed by atoms with Gasteiger partial charge in [0.05, 0.1) is 22.4 Å². The summed E-state index contributed by atoms with van der Waals surface area (Å²) in [6.07, 6.45) is 3.75. The van der Waals surface area contributed by atoms with E-state index >= 15 is 0 Å². The van der Waals surface area contributed by atoms with Crippen molar-refractivity contribution in [3.63, 3.8) is 0 Å². The van der Waals surface area contributed by atoms with Crippen LogP contribution in [-0.4, -0.2) is 19.9 Å². The average molecular weight is 275 g/mol. The summed E-state index contributed by atoms with van der Waals surface area (Å²) < 4.78 is 0. The molecule has 5 nitrogen and oxygen atoms in total. The first-order valence-corrected chi connectivity index (χ1v) is 6.66. The monoisotopic (exact) mass is 275 g/mol. The van der Waals surface area contributed by atoms with E-state index in [4.69, 9.17) is 15.7 Å². The van der Waals surface area contributed by atoms with Gasteiger partial charge in [-0.2, -0.15) is 0 Å². The molecule has 0 amide bonds. The van der Waals surface area contributed by atoms with Crippen LogP contribution in [0.3, 0.4) is 0 Å². The molecule has 5 heteroatoms. The van der Waals surface area contributed by atoms with Crippen LogP contribution in [0.25, 0.3) is 33.8 Å². The molecule has 0 fully saturated rings. The standard InChI is InChI=1S/C16H13N5/c17-10-5-6-11-14(9-10)21-16(13-4-2-8-19-13)15(20-11)12-3-1-7-18-12/h1-9,18-19H,17H2. The minimum atomic E-state index is 0.682. The molecule has 0 unspecified atom stereocenters. The number of fused-ring (bicyclic) bond motifs is 1. The number of hydrogen-bond acceptors (Lipinski definition) is 3. The molecule has 21 heavy (non-hydrogen) atoms. The molecule has 3 heterocycles. The Hall–Kier alpha value is -3.08. The number of nitrogens with one attached hydrogen (secondary N) is 2. The lowest BCUT2D eigenvalue weighted by molar-refractivity contribution is 1.24. The SMILES string of the molecule is Nc1ccc2nc(-c3ccc[nH]3)c(-c3ccc[nH]3)nc2c1. The van der Waals surface area contributed by atoms with Crippen LogP contribution >= 0.6 is 0 Å². The highest BCUT2D eigenvalue weighted by molar-refractivity contribution is 5.86. The maximum atomic E-state index is 5.84. The minimum absolute atomic E-state index is 0.682. The van der Waals surface area contributed by atoms with Crippen molar-refractivity contribution in [2.24, 2.45) is 0 Å². The third-order valence-corrected chi connectivity index (χ3v) is 3.39. The van der Waals surface area contributed by atoms with Crippen LogP contribution in [0, 0.1) is 0 Å². The molecule has 4 aromatic rings. The number of benzene rings is 1. The van der Waals surface area contributed by atoms with E-state index in [-0.39, 0.29) is 0 Å². The zero-order valence-corrected chi connectivity index (χ0v) is 11.2. The largest absolute Gasteiger partial charge is 0.399 e. The molecule has 0 radical (unpaired) electrons. The van der Waals surface area contributed by atoms with Crippen molar-refractivity contribution in [3.8, 4) is 22.8 Å². The fourth-order valence-electron chi connectivity index (χ4n) is 2.40. The Kier molecular flexibility index (Phi) is 2.50. The predicted octanol–water partition coefficient (Wildman–Crippen LogP) is 3.20. The van der Waals surface area contributed by atoms with Crippen molar-refractivity contribution in [1.29, 1.82) is 0 Å². The molecule has 1 aromatic carbocycles. The van der Waals surface area contributed by atoms with Gasteiger partial charge in [0, 0.05) is 18.1 Å². The van der Waals surface area contributed by atoms with Crippen molar-refractivity contribution in [1.82, 2.24) is 19.9 Å². The summed E-state index contributed by atoms with van der Waals surface area (Å²) in [5.41, 5.74) is 11.6. The highest BCUT2D eigenvalue weighted by Crippen LogP contribution is 2.29. The summed E-state index contributed by atoms with van der Waals surface area (Å²) in [6.45, 7) is 0. The predicted molar refractivity (Wildman–Crippen MR) is 83.5 cm³/mol. The third kappa shape index (κ3) is 1.95. The van der Waals surface area contributed by atoms with Gasteiger partial charge in [-0.15, -0.1) is 0 Å². The molecule has 102 valence electrons. The third-order valence-electron chi connectivity index (χ3n) is 3.39. The number of nitrogens with two attached hydrogens (primary N) is 1. The maximum absolute atomic E-state index is 5.84. The Bertz CT molecular complexity index is 892. The lowest BCUT2D eigenvalue weighted by Crippen LogP contribution is -1.96. The van der Waals surface area contributed by atoms with E-state index in [2.05, 4.69) is 9.97 Å². The Labute approximate surface area is 120 Å². The number of aromatic nitrogens is 4. The van der Waals surface area contributed by atoms with E-state index < -0.39 is 0 Å². The zero-order chi connectivity index (χ0) is 14.2. The minimum Gasteiger partial charge on any atom is -0.399 e. The normalized spacial score (nSPS) is 11.0. The smallest absolute Gasteiger partial charge is 0.115 e. The molecule has 0 aliphatic carbocycles. The zero-order valence-electron chi connectivity index (χ0n) is 11.2. The number of H-pyrrole nitrogens is 2. The highest BCUT2D eigenvalue weighted by atomic mass is 14.9. The summed E-state index contributed by atoms with van der Waals surface area (Å²) in [5.74, 6) is 0. The Morgan fingerprint density at radius 3 is 1.95 bits per heavy atom. The van der Waals surface area contributed by atoms with Crippen LogP contribution in [0.1, 0.15) is 0 Å². The molecule has 0 saturated carbocycles. The number of aromatic amines is 2. The van der Waals surface area contributed by atoms with Gasteiger partial charge in [0.25, 0.3) is 0 Å². The number of nitrogen functional groups attached to an aromatic ring is 1. The summed E-state index contributed by atoms with van der Waals surface area (Å²) in [4.78, 5) is 15.9. The number of rotatable bonds is 2. The average Bonchev–Trinajstić information content (AvgIpc) is 3.19. The van der Waals surface area contributed by atoms with Gasteiger partial charge in [0.15, 0.2) is 0 Å². The quantitative estimate of drug-likeness (QED) is 0.491. The van der Waals surface area contributed by atoms with Crippen molar-refractivity contribution in [2.45, 2.75) is 0 Å². The van der Waals surface area contributed by atoms with Crippen LogP contribution in [0.2, 0.25) is 0 Å². The van der Waals surface area contributed by atoms with Gasteiger partial charge in [0.1, 0.15) is 11.4 Å². The second-order valence-corrected chi connectivity index (χ2v) is 4.84. The summed E-state index contributed by atoms with van der Waals surface area (Å²) in [7, 11) is 0. The molecular formula is C16H13N5. The summed E-state index contributed by atoms with van der Waals surface area (Å²) in [6, 6.07) is 13.4. The Morgan fingerprint density at radius 1 is 0.762 bits per heavy atom. The molecule has 4 N–H and O–H groups in total. The molecule has 3 aromatic heterocycles. The van der Waals surface area contributed by atoms with Crippen molar-refractivity contribution < 1.29 is 0 Å². The molecule has 0 aliphatic rings. The highest BCUT2D eigenvalue weighted by Gasteiger charge is 2.14. The molecule has 0 atom stereocenters. The van der Waals surface area contributed by atoms with E-state index in [0.717, 1.165) is 33.8 Å². The van der Waals surface area contributed by atoms with Gasteiger partial charge in [-0.05, 0) is 42.5 Å². The topological polar surface area (TPSA) is 83.4 Å². The lowest BCUT2D eigenvalue weighted by atomic mass is 10.1. The molecule has 0 aliphatic heterocycles. The molecule has 4 rings (SSSR count). The van der Waals surface area contributed by atoms with E-state index in [1.165, 1.54) is 0 Å². The summed E-state index contributed by atoms with van der Waals surface area (Å²) >= 11 is 0. The van der Waals surface area contributed by atoms with Gasteiger partial charge in [-0.1, -0.05) is 0 Å². The first-order valence-electron chi connectivity index (χ1n) is 6.66. The van der Waals surface area contributed by atoms with Gasteiger partial charge < -0.3 is 15.7 Å². The number of nitrogens with zero attached hydrogens (tertiary/aromatic N) is 2. The van der Waals surface area contributed by atoms with Crippen molar-refractivity contribution >= 4 is 16.7 Å². The van der Waals surface area contributed by atoms with E-state index in [1.807, 2.05) is 54.9 Å². The van der Waals surface area contributed by atoms with Crippen molar-refractivity contribution in [3.05, 3.63) is 54.9 Å². The van der Waals surface area contributed by atoms with Crippen LogP contribution in [-0.2, 0) is 0 Å². The number of anilines is 1. The second-order valence-electron chi connectivity index (χ2n) is 4.84. The van der Waals surface area contributed by atoms with Gasteiger partial charge in [-0.25, -0.2) is 9.97 Å². The first-order chi connectivity index (χ1) is 10.3. The maximum Gasteiger partial charge on any atom is 0.115 e. The van der Waals surface area contributed by atoms with Gasteiger partial charge >= 0.3 is 0 Å². The van der Waals surface area contributed by atoms with Gasteiger partial charge in [-0.3, -0.25) is 0 Å². The first kappa shape index (κ1) is 11.7. The van der Waals surface area contributed by atoms with E-state index in [0.29, 0.717) is 5.69 Å². The summed E-state index contributed by atoms with van der Waals surface area (Å²) in [5, 5.41) is 0. The van der Waals surface area contributed by atoms with Crippen LogP contribution in [0.4, 0.5) is 5.69 Å². The molecule has 0 spiro atoms. The molecule has 0 bridgehead atoms. The van der Waals surface area contributed by atoms with Crippen LogP contribution < -0.4 is 5.73 Å². The second kappa shape index (κ2) is 4.49. The number of hydrogen-bond donors (Lipinski definition) is 3. The van der Waals surface area contributed by atoms with Gasteiger partial charge in [0.2, 0.25) is 0 Å². The molecule has 0 saturated heterocycles. The van der Waals surface area contributed by atoms with E-state index in [9.17, 15) is 0 Å². The molecular weight excluding hydrogens is 262 g/mol. The van der Waals surface area contributed by atoms with Crippen LogP contribution in [0.15, 0.2) is 54.9 Å². The Balaban J connectivity index is 2.05.